The lowest BCUT2D eigenvalue weighted by atomic mass is 9.99. The molecule has 0 unspecified atom stereocenters. The molecule has 0 saturated carbocycles. The van der Waals surface area contributed by atoms with Gasteiger partial charge in [-0.1, -0.05) is 17.8 Å². The van der Waals surface area contributed by atoms with Crippen LogP contribution in [0.1, 0.15) is 33.5 Å². The second kappa shape index (κ2) is 9.23. The molecule has 0 aliphatic carbocycles. The van der Waals surface area contributed by atoms with Crippen LogP contribution in [0.4, 0.5) is 5.69 Å². The number of aryl methyl sites for hydroxylation is 3. The van der Waals surface area contributed by atoms with Gasteiger partial charge in [0, 0.05) is 35.6 Å². The third-order valence-corrected chi connectivity index (χ3v) is 6.90. The summed E-state index contributed by atoms with van der Waals surface area (Å²) in [5, 5.41) is 12.4. The summed E-state index contributed by atoms with van der Waals surface area (Å²) in [6.07, 6.45) is 4.54. The van der Waals surface area contributed by atoms with E-state index in [1.807, 2.05) is 34.9 Å². The van der Waals surface area contributed by atoms with Crippen LogP contribution < -0.4 is 5.32 Å². The van der Waals surface area contributed by atoms with Crippen LogP contribution in [0.15, 0.2) is 66.1 Å². The first-order chi connectivity index (χ1) is 16.5. The van der Waals surface area contributed by atoms with E-state index in [9.17, 15) is 9.59 Å². The number of amides is 1. The molecule has 170 valence electrons. The summed E-state index contributed by atoms with van der Waals surface area (Å²) in [7, 11) is 0. The molecule has 0 spiro atoms. The number of pyridine rings is 1. The molecule has 7 nitrogen and oxygen atoms in total. The van der Waals surface area contributed by atoms with Crippen molar-refractivity contribution in [2.24, 2.45) is 0 Å². The maximum absolute atomic E-state index is 13.0. The van der Waals surface area contributed by atoms with Crippen LogP contribution in [0.25, 0.3) is 17.1 Å². The summed E-state index contributed by atoms with van der Waals surface area (Å²) in [6.45, 7) is 4.15. The molecule has 0 saturated heterocycles. The Morgan fingerprint density at radius 3 is 2.62 bits per heavy atom. The van der Waals surface area contributed by atoms with Crippen molar-refractivity contribution in [2.45, 2.75) is 31.8 Å². The normalized spacial score (nSPS) is 12.8. The third-order valence-electron chi connectivity index (χ3n) is 5.98. The standard InChI is InChI=1S/C26H23N5O2S/c1-16-3-6-21(13-17(16)2)31-25(18-9-11-27-12-10-18)29-30-26(31)34-15-23(32)20-4-7-22-19(14-20)5-8-24(33)28-22/h3-4,6-7,9-14H,5,8,15H2,1-2H3,(H,28,33). The third kappa shape index (κ3) is 4.36. The maximum Gasteiger partial charge on any atom is 0.224 e. The van der Waals surface area contributed by atoms with Crippen molar-refractivity contribution in [1.29, 1.82) is 0 Å². The Labute approximate surface area is 201 Å². The first-order valence-corrected chi connectivity index (χ1v) is 12.0. The van der Waals surface area contributed by atoms with Crippen LogP contribution in [-0.4, -0.2) is 37.2 Å². The highest BCUT2D eigenvalue weighted by molar-refractivity contribution is 7.99. The van der Waals surface area contributed by atoms with Gasteiger partial charge in [-0.05, 0) is 79.4 Å². The van der Waals surface area contributed by atoms with Gasteiger partial charge in [-0.15, -0.1) is 10.2 Å². The minimum atomic E-state index is 0.00444. The summed E-state index contributed by atoms with van der Waals surface area (Å²) in [5.74, 6) is 0.942. The number of aromatic nitrogens is 4. The molecule has 3 heterocycles. The number of thioether (sulfide) groups is 1. The van der Waals surface area contributed by atoms with Crippen molar-refractivity contribution in [1.82, 2.24) is 19.7 Å². The average molecular weight is 470 g/mol. The molecule has 5 rings (SSSR count). The number of Topliss-reactive ketones (excluding diaryl/α,β-unsaturated/α-hetero) is 1. The van der Waals surface area contributed by atoms with Gasteiger partial charge in [-0.25, -0.2) is 0 Å². The van der Waals surface area contributed by atoms with Crippen molar-refractivity contribution >= 4 is 29.1 Å². The molecule has 0 bridgehead atoms. The van der Waals surface area contributed by atoms with Gasteiger partial charge in [-0.3, -0.25) is 19.1 Å². The van der Waals surface area contributed by atoms with E-state index in [1.165, 1.54) is 22.9 Å². The Morgan fingerprint density at radius 1 is 1.00 bits per heavy atom. The van der Waals surface area contributed by atoms with Crippen LogP contribution in [0.5, 0.6) is 0 Å². The van der Waals surface area contributed by atoms with Crippen LogP contribution in [0.3, 0.4) is 0 Å². The van der Waals surface area contributed by atoms with E-state index in [2.05, 4.69) is 46.5 Å². The van der Waals surface area contributed by atoms with Crippen molar-refractivity contribution in [3.05, 3.63) is 83.2 Å². The maximum atomic E-state index is 13.0. The molecular formula is C26H23N5O2S. The quantitative estimate of drug-likeness (QED) is 0.322. The molecule has 1 aliphatic rings. The number of benzene rings is 2. The summed E-state index contributed by atoms with van der Waals surface area (Å²) in [6, 6.07) is 15.5. The second-order valence-electron chi connectivity index (χ2n) is 8.28. The minimum absolute atomic E-state index is 0.00444. The largest absolute Gasteiger partial charge is 0.326 e. The second-order valence-corrected chi connectivity index (χ2v) is 9.22. The van der Waals surface area contributed by atoms with Gasteiger partial charge < -0.3 is 5.32 Å². The predicted molar refractivity (Wildman–Crippen MR) is 133 cm³/mol. The number of carbonyl (C=O) groups excluding carboxylic acids is 2. The SMILES string of the molecule is Cc1ccc(-n2c(SCC(=O)c3ccc4c(c3)CCC(=O)N4)nnc2-c2ccncc2)cc1C. The molecule has 1 N–H and O–H groups in total. The van der Waals surface area contributed by atoms with Crippen molar-refractivity contribution in [2.75, 3.05) is 11.1 Å². The Balaban J connectivity index is 1.44. The highest BCUT2D eigenvalue weighted by Crippen LogP contribution is 2.30. The Hall–Kier alpha value is -3.78. The van der Waals surface area contributed by atoms with E-state index in [0.717, 1.165) is 22.5 Å². The van der Waals surface area contributed by atoms with Crippen molar-refractivity contribution < 1.29 is 9.59 Å². The van der Waals surface area contributed by atoms with Gasteiger partial charge in [0.05, 0.1) is 11.4 Å². The summed E-state index contributed by atoms with van der Waals surface area (Å²) < 4.78 is 1.99. The number of nitrogens with one attached hydrogen (secondary N) is 1. The number of anilines is 1. The number of fused-ring (bicyclic) bond motifs is 1. The predicted octanol–water partition coefficient (Wildman–Crippen LogP) is 4.81. The zero-order valence-electron chi connectivity index (χ0n) is 18.9. The molecule has 1 amide bonds. The molecule has 2 aromatic carbocycles. The average Bonchev–Trinajstić information content (AvgIpc) is 3.28. The van der Waals surface area contributed by atoms with Gasteiger partial charge >= 0.3 is 0 Å². The van der Waals surface area contributed by atoms with E-state index in [4.69, 9.17) is 0 Å². The fourth-order valence-corrected chi connectivity index (χ4v) is 4.77. The lowest BCUT2D eigenvalue weighted by molar-refractivity contribution is -0.116. The number of nitrogens with zero attached hydrogens (tertiary/aromatic N) is 4. The van der Waals surface area contributed by atoms with Gasteiger partial charge in [0.2, 0.25) is 5.91 Å². The fourth-order valence-electron chi connectivity index (χ4n) is 3.92. The van der Waals surface area contributed by atoms with E-state index < -0.39 is 0 Å². The lowest BCUT2D eigenvalue weighted by Gasteiger charge is -2.17. The molecule has 8 heteroatoms. The van der Waals surface area contributed by atoms with E-state index >= 15 is 0 Å². The molecule has 34 heavy (non-hydrogen) atoms. The molecule has 0 atom stereocenters. The monoisotopic (exact) mass is 469 g/mol. The van der Waals surface area contributed by atoms with Gasteiger partial charge in [0.15, 0.2) is 16.8 Å². The van der Waals surface area contributed by atoms with Crippen LogP contribution in [0, 0.1) is 13.8 Å². The van der Waals surface area contributed by atoms with Crippen molar-refractivity contribution in [3.8, 4) is 17.1 Å². The molecule has 0 radical (unpaired) electrons. The van der Waals surface area contributed by atoms with Gasteiger partial charge in [0.25, 0.3) is 0 Å². The number of hydrogen-bond acceptors (Lipinski definition) is 6. The van der Waals surface area contributed by atoms with E-state index in [-0.39, 0.29) is 17.4 Å². The lowest BCUT2D eigenvalue weighted by Crippen LogP contribution is -2.19. The molecule has 0 fully saturated rings. The Bertz CT molecular complexity index is 1400. The summed E-state index contributed by atoms with van der Waals surface area (Å²) >= 11 is 1.36. The van der Waals surface area contributed by atoms with Gasteiger partial charge in [-0.2, -0.15) is 0 Å². The van der Waals surface area contributed by atoms with Crippen LogP contribution in [0.2, 0.25) is 0 Å². The molecule has 1 aliphatic heterocycles. The zero-order valence-corrected chi connectivity index (χ0v) is 19.7. The highest BCUT2D eigenvalue weighted by Gasteiger charge is 2.20. The van der Waals surface area contributed by atoms with Crippen molar-refractivity contribution in [3.63, 3.8) is 0 Å². The zero-order chi connectivity index (χ0) is 23.7. The number of rotatable bonds is 6. The number of hydrogen-bond donors (Lipinski definition) is 1. The summed E-state index contributed by atoms with van der Waals surface area (Å²) in [5.41, 5.74) is 6.63. The summed E-state index contributed by atoms with van der Waals surface area (Å²) in [4.78, 5) is 28.7. The first-order valence-electron chi connectivity index (χ1n) is 11.0. The molecule has 2 aromatic heterocycles. The number of carbonyl (C=O) groups is 2. The molecule has 4 aromatic rings. The first kappa shape index (κ1) is 22.0. The minimum Gasteiger partial charge on any atom is -0.326 e. The van der Waals surface area contributed by atoms with Crippen LogP contribution >= 0.6 is 11.8 Å². The van der Waals surface area contributed by atoms with Gasteiger partial charge in [0.1, 0.15) is 0 Å². The van der Waals surface area contributed by atoms with E-state index in [1.54, 1.807) is 18.5 Å². The Morgan fingerprint density at radius 2 is 1.82 bits per heavy atom. The number of ketones is 1. The Kier molecular flexibility index (Phi) is 5.98. The topological polar surface area (TPSA) is 89.8 Å². The van der Waals surface area contributed by atoms with E-state index in [0.29, 0.717) is 29.4 Å². The smallest absolute Gasteiger partial charge is 0.224 e. The molecular weight excluding hydrogens is 446 g/mol. The van der Waals surface area contributed by atoms with Crippen LogP contribution in [-0.2, 0) is 11.2 Å². The highest BCUT2D eigenvalue weighted by atomic mass is 32.2. The fraction of sp³-hybridized carbons (Fsp3) is 0.192.